The zero-order valence-electron chi connectivity index (χ0n) is 11.4. The normalized spacial score (nSPS) is 10.7. The highest BCUT2D eigenvalue weighted by atomic mass is 19.1. The number of aryl methyl sites for hydroxylation is 1. The number of hydrogen-bond donors (Lipinski definition) is 2. The molecule has 0 bridgehead atoms. The van der Waals surface area contributed by atoms with Crippen LogP contribution in [-0.4, -0.2) is 10.9 Å². The summed E-state index contributed by atoms with van der Waals surface area (Å²) in [5.74, 6) is -0.477. The maximum atomic E-state index is 13.0. The fourth-order valence-electron chi connectivity index (χ4n) is 2.38. The van der Waals surface area contributed by atoms with Crippen LogP contribution in [0.15, 0.2) is 54.7 Å². The summed E-state index contributed by atoms with van der Waals surface area (Å²) in [7, 11) is 0. The number of aromatic nitrogens is 1. The molecule has 3 aromatic rings. The quantitative estimate of drug-likeness (QED) is 0.749. The van der Waals surface area contributed by atoms with Crippen molar-refractivity contribution in [2.75, 3.05) is 5.32 Å². The SMILES string of the molecule is O=C(CCc1c[nH]c2ccccc12)Nc1cccc(F)c1. The van der Waals surface area contributed by atoms with Crippen LogP contribution in [0.1, 0.15) is 12.0 Å². The van der Waals surface area contributed by atoms with Gasteiger partial charge in [-0.3, -0.25) is 4.79 Å². The number of H-pyrrole nitrogens is 1. The molecule has 2 aromatic carbocycles. The van der Waals surface area contributed by atoms with Gasteiger partial charge in [-0.25, -0.2) is 4.39 Å². The van der Waals surface area contributed by atoms with Crippen molar-refractivity contribution < 1.29 is 9.18 Å². The number of nitrogens with one attached hydrogen (secondary N) is 2. The average molecular weight is 282 g/mol. The second kappa shape index (κ2) is 5.79. The van der Waals surface area contributed by atoms with E-state index in [1.54, 1.807) is 12.1 Å². The van der Waals surface area contributed by atoms with Crippen LogP contribution >= 0.6 is 0 Å². The number of carbonyl (C=O) groups excluding carboxylic acids is 1. The number of carbonyl (C=O) groups is 1. The van der Waals surface area contributed by atoms with Crippen LogP contribution in [0.4, 0.5) is 10.1 Å². The number of hydrogen-bond acceptors (Lipinski definition) is 1. The largest absolute Gasteiger partial charge is 0.361 e. The summed E-state index contributed by atoms with van der Waals surface area (Å²) in [5.41, 5.74) is 2.66. The van der Waals surface area contributed by atoms with Crippen molar-refractivity contribution in [3.05, 3.63) is 66.1 Å². The van der Waals surface area contributed by atoms with E-state index in [2.05, 4.69) is 10.3 Å². The van der Waals surface area contributed by atoms with Crippen LogP contribution in [0.3, 0.4) is 0 Å². The molecule has 0 aliphatic heterocycles. The van der Waals surface area contributed by atoms with Crippen LogP contribution in [0.2, 0.25) is 0 Å². The van der Waals surface area contributed by atoms with Gasteiger partial charge in [0.1, 0.15) is 5.82 Å². The van der Waals surface area contributed by atoms with Gasteiger partial charge in [0.05, 0.1) is 0 Å². The lowest BCUT2D eigenvalue weighted by Crippen LogP contribution is -2.12. The lowest BCUT2D eigenvalue weighted by molar-refractivity contribution is -0.116. The van der Waals surface area contributed by atoms with Gasteiger partial charge in [-0.05, 0) is 36.2 Å². The van der Waals surface area contributed by atoms with E-state index in [1.807, 2.05) is 30.5 Å². The Labute approximate surface area is 121 Å². The Balaban J connectivity index is 1.63. The van der Waals surface area contributed by atoms with Crippen molar-refractivity contribution in [2.24, 2.45) is 0 Å². The van der Waals surface area contributed by atoms with Crippen LogP contribution < -0.4 is 5.32 Å². The van der Waals surface area contributed by atoms with Crippen LogP contribution in [0.5, 0.6) is 0 Å². The lowest BCUT2D eigenvalue weighted by atomic mass is 10.1. The van der Waals surface area contributed by atoms with Gasteiger partial charge in [0, 0.05) is 29.2 Å². The number of para-hydroxylation sites is 1. The van der Waals surface area contributed by atoms with Gasteiger partial charge in [-0.2, -0.15) is 0 Å². The monoisotopic (exact) mass is 282 g/mol. The summed E-state index contributed by atoms with van der Waals surface area (Å²) >= 11 is 0. The Morgan fingerprint density at radius 1 is 1.14 bits per heavy atom. The number of benzene rings is 2. The number of anilines is 1. The highest BCUT2D eigenvalue weighted by Gasteiger charge is 2.07. The van der Waals surface area contributed by atoms with Crippen molar-refractivity contribution in [3.8, 4) is 0 Å². The molecule has 1 heterocycles. The zero-order valence-corrected chi connectivity index (χ0v) is 11.4. The zero-order chi connectivity index (χ0) is 14.7. The molecule has 2 N–H and O–H groups in total. The molecule has 3 rings (SSSR count). The van der Waals surface area contributed by atoms with Gasteiger partial charge < -0.3 is 10.3 Å². The Kier molecular flexibility index (Phi) is 3.69. The predicted molar refractivity (Wildman–Crippen MR) is 81.6 cm³/mol. The Hall–Kier alpha value is -2.62. The first-order chi connectivity index (χ1) is 10.2. The Morgan fingerprint density at radius 3 is 2.86 bits per heavy atom. The van der Waals surface area contributed by atoms with E-state index in [-0.39, 0.29) is 11.7 Å². The molecular formula is C17H15FN2O. The molecule has 1 aromatic heterocycles. The fraction of sp³-hybridized carbons (Fsp3) is 0.118. The minimum atomic E-state index is -0.357. The highest BCUT2D eigenvalue weighted by molar-refractivity contribution is 5.91. The number of halogens is 1. The summed E-state index contributed by atoms with van der Waals surface area (Å²) in [6.07, 6.45) is 2.93. The molecule has 106 valence electrons. The predicted octanol–water partition coefficient (Wildman–Crippen LogP) is 3.88. The molecule has 0 unspecified atom stereocenters. The van der Waals surface area contributed by atoms with Crippen molar-refractivity contribution in [1.82, 2.24) is 4.98 Å². The van der Waals surface area contributed by atoms with E-state index in [9.17, 15) is 9.18 Å². The number of rotatable bonds is 4. The molecular weight excluding hydrogens is 267 g/mol. The van der Waals surface area contributed by atoms with E-state index in [0.717, 1.165) is 16.5 Å². The van der Waals surface area contributed by atoms with Gasteiger partial charge >= 0.3 is 0 Å². The molecule has 4 heteroatoms. The number of fused-ring (bicyclic) bond motifs is 1. The van der Waals surface area contributed by atoms with Gasteiger partial charge in [-0.1, -0.05) is 24.3 Å². The summed E-state index contributed by atoms with van der Waals surface area (Å²) in [5, 5.41) is 3.84. The van der Waals surface area contributed by atoms with Gasteiger partial charge in [0.2, 0.25) is 5.91 Å². The maximum absolute atomic E-state index is 13.0. The highest BCUT2D eigenvalue weighted by Crippen LogP contribution is 2.19. The molecule has 21 heavy (non-hydrogen) atoms. The molecule has 0 aliphatic rings. The van der Waals surface area contributed by atoms with Gasteiger partial charge in [0.15, 0.2) is 0 Å². The molecule has 1 amide bonds. The third-order valence-corrected chi connectivity index (χ3v) is 3.40. The van der Waals surface area contributed by atoms with Crippen LogP contribution in [0, 0.1) is 5.82 Å². The molecule has 0 aliphatic carbocycles. The summed E-state index contributed by atoms with van der Waals surface area (Å²) < 4.78 is 13.0. The van der Waals surface area contributed by atoms with Crippen LogP contribution in [-0.2, 0) is 11.2 Å². The fourth-order valence-corrected chi connectivity index (χ4v) is 2.38. The first-order valence-electron chi connectivity index (χ1n) is 6.83. The number of aromatic amines is 1. The standard InChI is InChI=1S/C17H15FN2O/c18-13-4-3-5-14(10-13)20-17(21)9-8-12-11-19-16-7-2-1-6-15(12)16/h1-7,10-11,19H,8-9H2,(H,20,21). The smallest absolute Gasteiger partial charge is 0.224 e. The molecule has 0 spiro atoms. The molecule has 0 saturated heterocycles. The van der Waals surface area contributed by atoms with Gasteiger partial charge in [0.25, 0.3) is 0 Å². The summed E-state index contributed by atoms with van der Waals surface area (Å²) in [6.45, 7) is 0. The molecule has 3 nitrogen and oxygen atoms in total. The third-order valence-electron chi connectivity index (χ3n) is 3.40. The minimum absolute atomic E-state index is 0.120. The lowest BCUT2D eigenvalue weighted by Gasteiger charge is -2.05. The maximum Gasteiger partial charge on any atom is 0.224 e. The van der Waals surface area contributed by atoms with Crippen molar-refractivity contribution >= 4 is 22.5 Å². The Bertz CT molecular complexity index is 779. The third kappa shape index (κ3) is 3.11. The second-order valence-corrected chi connectivity index (χ2v) is 4.92. The van der Waals surface area contributed by atoms with Gasteiger partial charge in [-0.15, -0.1) is 0 Å². The van der Waals surface area contributed by atoms with Crippen molar-refractivity contribution in [1.29, 1.82) is 0 Å². The first-order valence-corrected chi connectivity index (χ1v) is 6.83. The first kappa shape index (κ1) is 13.4. The van der Waals surface area contributed by atoms with Crippen molar-refractivity contribution in [2.45, 2.75) is 12.8 Å². The summed E-state index contributed by atoms with van der Waals surface area (Å²) in [6, 6.07) is 13.9. The van der Waals surface area contributed by atoms with E-state index in [4.69, 9.17) is 0 Å². The second-order valence-electron chi connectivity index (χ2n) is 4.92. The number of amides is 1. The van der Waals surface area contributed by atoms with E-state index < -0.39 is 0 Å². The van der Waals surface area contributed by atoms with E-state index >= 15 is 0 Å². The minimum Gasteiger partial charge on any atom is -0.361 e. The van der Waals surface area contributed by atoms with E-state index in [0.29, 0.717) is 18.5 Å². The summed E-state index contributed by atoms with van der Waals surface area (Å²) in [4.78, 5) is 15.1. The van der Waals surface area contributed by atoms with Crippen molar-refractivity contribution in [3.63, 3.8) is 0 Å². The molecule has 0 saturated carbocycles. The van der Waals surface area contributed by atoms with E-state index in [1.165, 1.54) is 12.1 Å². The molecule has 0 fully saturated rings. The molecule has 0 radical (unpaired) electrons. The average Bonchev–Trinajstić information content (AvgIpc) is 2.88. The van der Waals surface area contributed by atoms with Crippen LogP contribution in [0.25, 0.3) is 10.9 Å². The Morgan fingerprint density at radius 2 is 2.00 bits per heavy atom. The topological polar surface area (TPSA) is 44.9 Å². The molecule has 0 atom stereocenters.